The number of thiocarbonyl (C=S) groups is 1. The standard InChI is InChI=1S/C15H21N3O2S/c1-16-14(21)18-9-7-13(8-10-18)17-15(19)20-11-12-5-3-2-4-6-12/h2-6,13H,7-11H2,1H3,(H,16,21)(H,17,19). The molecule has 1 aromatic carbocycles. The molecule has 2 rings (SSSR count). The third-order valence-electron chi connectivity index (χ3n) is 3.53. The Morgan fingerprint density at radius 1 is 1.33 bits per heavy atom. The van der Waals surface area contributed by atoms with Crippen molar-refractivity contribution in [2.45, 2.75) is 25.5 Å². The molecule has 1 amide bonds. The van der Waals surface area contributed by atoms with Crippen molar-refractivity contribution < 1.29 is 9.53 Å². The minimum atomic E-state index is -0.353. The van der Waals surface area contributed by atoms with Gasteiger partial charge in [0.15, 0.2) is 5.11 Å². The molecule has 1 aliphatic heterocycles. The monoisotopic (exact) mass is 307 g/mol. The second-order valence-corrected chi connectivity index (χ2v) is 5.41. The molecule has 0 aliphatic carbocycles. The quantitative estimate of drug-likeness (QED) is 0.835. The van der Waals surface area contributed by atoms with Crippen molar-refractivity contribution in [3.8, 4) is 0 Å². The summed E-state index contributed by atoms with van der Waals surface area (Å²) in [5, 5.41) is 6.65. The Morgan fingerprint density at radius 3 is 2.62 bits per heavy atom. The first-order valence-electron chi connectivity index (χ1n) is 7.13. The minimum absolute atomic E-state index is 0.157. The van der Waals surface area contributed by atoms with Crippen molar-refractivity contribution in [3.63, 3.8) is 0 Å². The molecule has 0 radical (unpaired) electrons. The zero-order valence-electron chi connectivity index (χ0n) is 12.2. The van der Waals surface area contributed by atoms with Crippen molar-refractivity contribution in [1.82, 2.24) is 15.5 Å². The van der Waals surface area contributed by atoms with E-state index in [4.69, 9.17) is 17.0 Å². The van der Waals surface area contributed by atoms with E-state index in [1.165, 1.54) is 0 Å². The van der Waals surface area contributed by atoms with Crippen LogP contribution >= 0.6 is 12.2 Å². The van der Waals surface area contributed by atoms with Crippen molar-refractivity contribution >= 4 is 23.4 Å². The van der Waals surface area contributed by atoms with E-state index < -0.39 is 0 Å². The molecule has 5 nitrogen and oxygen atoms in total. The number of rotatable bonds is 3. The molecule has 1 aliphatic rings. The number of piperidine rings is 1. The van der Waals surface area contributed by atoms with Crippen LogP contribution in [-0.2, 0) is 11.3 Å². The number of nitrogens with zero attached hydrogens (tertiary/aromatic N) is 1. The Balaban J connectivity index is 1.68. The third kappa shape index (κ3) is 4.90. The maximum Gasteiger partial charge on any atom is 0.407 e. The highest BCUT2D eigenvalue weighted by Crippen LogP contribution is 2.11. The Kier molecular flexibility index (Phi) is 5.80. The fraction of sp³-hybridized carbons (Fsp3) is 0.467. The maximum atomic E-state index is 11.8. The van der Waals surface area contributed by atoms with Crippen LogP contribution < -0.4 is 10.6 Å². The van der Waals surface area contributed by atoms with Crippen molar-refractivity contribution in [3.05, 3.63) is 35.9 Å². The Morgan fingerprint density at radius 2 is 2.00 bits per heavy atom. The average molecular weight is 307 g/mol. The van der Waals surface area contributed by atoms with Gasteiger partial charge in [0.25, 0.3) is 0 Å². The second-order valence-electron chi connectivity index (χ2n) is 5.02. The summed E-state index contributed by atoms with van der Waals surface area (Å²) in [4.78, 5) is 13.9. The molecule has 1 aromatic rings. The predicted molar refractivity (Wildman–Crippen MR) is 86.0 cm³/mol. The lowest BCUT2D eigenvalue weighted by Crippen LogP contribution is -2.48. The van der Waals surface area contributed by atoms with Crippen molar-refractivity contribution in [2.75, 3.05) is 20.1 Å². The minimum Gasteiger partial charge on any atom is -0.445 e. The Bertz CT molecular complexity index is 473. The van der Waals surface area contributed by atoms with Crippen molar-refractivity contribution in [2.24, 2.45) is 0 Å². The normalized spacial score (nSPS) is 15.4. The summed E-state index contributed by atoms with van der Waals surface area (Å²) >= 11 is 5.20. The van der Waals surface area contributed by atoms with E-state index in [1.807, 2.05) is 37.4 Å². The van der Waals surface area contributed by atoms with Crippen LogP contribution in [0.5, 0.6) is 0 Å². The first-order chi connectivity index (χ1) is 10.2. The highest BCUT2D eigenvalue weighted by Gasteiger charge is 2.22. The molecule has 114 valence electrons. The molecule has 1 saturated heterocycles. The van der Waals surface area contributed by atoms with Gasteiger partial charge < -0.3 is 20.3 Å². The lowest BCUT2D eigenvalue weighted by molar-refractivity contribution is 0.131. The van der Waals surface area contributed by atoms with E-state index >= 15 is 0 Å². The molecule has 0 aromatic heterocycles. The molecule has 2 N–H and O–H groups in total. The summed E-state index contributed by atoms with van der Waals surface area (Å²) in [6.45, 7) is 2.00. The first kappa shape index (κ1) is 15.6. The summed E-state index contributed by atoms with van der Waals surface area (Å²) in [5.41, 5.74) is 0.988. The van der Waals surface area contributed by atoms with Crippen LogP contribution in [0.3, 0.4) is 0 Å². The summed E-state index contributed by atoms with van der Waals surface area (Å²) in [7, 11) is 1.83. The number of nitrogens with one attached hydrogen (secondary N) is 2. The van der Waals surface area contributed by atoms with Crippen LogP contribution in [0, 0.1) is 0 Å². The van der Waals surface area contributed by atoms with E-state index in [0.29, 0.717) is 6.61 Å². The zero-order chi connectivity index (χ0) is 15.1. The van der Waals surface area contributed by atoms with Crippen LogP contribution in [0.4, 0.5) is 4.79 Å². The second kappa shape index (κ2) is 7.83. The van der Waals surface area contributed by atoms with Crippen LogP contribution in [0.25, 0.3) is 0 Å². The summed E-state index contributed by atoms with van der Waals surface area (Å²) in [5.74, 6) is 0. The molecule has 0 bridgehead atoms. The van der Waals surface area contributed by atoms with Crippen LogP contribution in [-0.4, -0.2) is 42.3 Å². The molecular formula is C15H21N3O2S. The Labute approximate surface area is 130 Å². The summed E-state index contributed by atoms with van der Waals surface area (Å²) in [6, 6.07) is 9.82. The summed E-state index contributed by atoms with van der Waals surface area (Å²) < 4.78 is 5.22. The molecule has 6 heteroatoms. The molecule has 0 spiro atoms. The van der Waals surface area contributed by atoms with Gasteiger partial charge in [-0.05, 0) is 30.6 Å². The molecule has 0 unspecified atom stereocenters. The van der Waals surface area contributed by atoms with Gasteiger partial charge in [0, 0.05) is 26.2 Å². The maximum absolute atomic E-state index is 11.8. The third-order valence-corrected chi connectivity index (χ3v) is 3.99. The van der Waals surface area contributed by atoms with Gasteiger partial charge in [-0.2, -0.15) is 0 Å². The number of hydrogen-bond acceptors (Lipinski definition) is 3. The summed E-state index contributed by atoms with van der Waals surface area (Å²) in [6.07, 6.45) is 1.40. The van der Waals surface area contributed by atoms with Gasteiger partial charge in [-0.1, -0.05) is 30.3 Å². The van der Waals surface area contributed by atoms with E-state index in [1.54, 1.807) is 0 Å². The number of hydrogen-bond donors (Lipinski definition) is 2. The van der Waals surface area contributed by atoms with E-state index in [9.17, 15) is 4.79 Å². The molecule has 21 heavy (non-hydrogen) atoms. The molecule has 1 heterocycles. The fourth-order valence-corrected chi connectivity index (χ4v) is 2.50. The number of benzene rings is 1. The van der Waals surface area contributed by atoms with Crippen LogP contribution in [0.2, 0.25) is 0 Å². The van der Waals surface area contributed by atoms with Crippen LogP contribution in [0.15, 0.2) is 30.3 Å². The smallest absolute Gasteiger partial charge is 0.407 e. The zero-order valence-corrected chi connectivity index (χ0v) is 13.0. The lowest BCUT2D eigenvalue weighted by Gasteiger charge is -2.33. The fourth-order valence-electron chi connectivity index (χ4n) is 2.32. The van der Waals surface area contributed by atoms with Gasteiger partial charge in [-0.25, -0.2) is 4.79 Å². The van der Waals surface area contributed by atoms with Gasteiger partial charge in [0.2, 0.25) is 0 Å². The largest absolute Gasteiger partial charge is 0.445 e. The number of likely N-dealkylation sites (tertiary alicyclic amines) is 1. The van der Waals surface area contributed by atoms with Crippen molar-refractivity contribution in [1.29, 1.82) is 0 Å². The highest BCUT2D eigenvalue weighted by atomic mass is 32.1. The number of ether oxygens (including phenoxy) is 1. The van der Waals surface area contributed by atoms with E-state index in [0.717, 1.165) is 36.6 Å². The first-order valence-corrected chi connectivity index (χ1v) is 7.53. The number of carbonyl (C=O) groups is 1. The van der Waals surface area contributed by atoms with Gasteiger partial charge in [-0.15, -0.1) is 0 Å². The number of amides is 1. The molecule has 0 atom stereocenters. The predicted octanol–water partition coefficient (Wildman–Crippen LogP) is 1.88. The number of alkyl carbamates (subject to hydrolysis) is 1. The topological polar surface area (TPSA) is 53.6 Å². The van der Waals surface area contributed by atoms with Gasteiger partial charge in [0.05, 0.1) is 0 Å². The SMILES string of the molecule is CNC(=S)N1CCC(NC(=O)OCc2ccccc2)CC1. The van der Waals surface area contributed by atoms with Gasteiger partial charge >= 0.3 is 6.09 Å². The van der Waals surface area contributed by atoms with E-state index in [2.05, 4.69) is 15.5 Å². The molecular weight excluding hydrogens is 286 g/mol. The molecule has 0 saturated carbocycles. The lowest BCUT2D eigenvalue weighted by atomic mass is 10.1. The Hall–Kier alpha value is -1.82. The van der Waals surface area contributed by atoms with Gasteiger partial charge in [0.1, 0.15) is 6.61 Å². The molecule has 1 fully saturated rings. The van der Waals surface area contributed by atoms with Crippen LogP contribution in [0.1, 0.15) is 18.4 Å². The highest BCUT2D eigenvalue weighted by molar-refractivity contribution is 7.80. The van der Waals surface area contributed by atoms with Gasteiger partial charge in [-0.3, -0.25) is 0 Å². The van der Waals surface area contributed by atoms with E-state index in [-0.39, 0.29) is 12.1 Å². The average Bonchev–Trinajstić information content (AvgIpc) is 2.54. The number of carbonyl (C=O) groups excluding carboxylic acids is 1.